The van der Waals surface area contributed by atoms with Gasteiger partial charge in [-0.25, -0.2) is 9.97 Å². The van der Waals surface area contributed by atoms with E-state index in [2.05, 4.69) is 46.8 Å². The molecular weight excluding hydrogens is 316 g/mol. The number of nitrogens with zero attached hydrogens (tertiary/aromatic N) is 4. The third kappa shape index (κ3) is 2.57. The molecule has 0 radical (unpaired) electrons. The molecule has 3 aromatic rings. The van der Waals surface area contributed by atoms with Crippen LogP contribution in [0.15, 0.2) is 30.7 Å². The van der Waals surface area contributed by atoms with E-state index in [9.17, 15) is 0 Å². The maximum Gasteiger partial charge on any atom is 0.141 e. The van der Waals surface area contributed by atoms with E-state index in [-0.39, 0.29) is 6.04 Å². The number of aryl methyl sites for hydroxylation is 1. The number of thiophene rings is 1. The summed E-state index contributed by atoms with van der Waals surface area (Å²) in [6.45, 7) is 4.52. The van der Waals surface area contributed by atoms with Crippen LogP contribution in [-0.2, 0) is 12.8 Å². The molecule has 0 amide bonds. The first kappa shape index (κ1) is 15.5. The Hall–Kier alpha value is -2.01. The molecule has 0 bridgehead atoms. The second kappa shape index (κ2) is 6.13. The second-order valence-corrected chi connectivity index (χ2v) is 7.85. The van der Waals surface area contributed by atoms with E-state index in [0.29, 0.717) is 0 Å². The standard InChI is InChI=1S/C19H22N4S/c1-12-7-8-14-16(10-12)24-19-17(14)18(21-11-22-19)23(3)13(2)15-6-4-5-9-20-15/h4-6,9,11-13H,7-8,10H2,1-3H3. The van der Waals surface area contributed by atoms with Gasteiger partial charge in [-0.2, -0.15) is 0 Å². The van der Waals surface area contributed by atoms with Crippen LogP contribution in [0.25, 0.3) is 10.2 Å². The van der Waals surface area contributed by atoms with Crippen LogP contribution >= 0.6 is 11.3 Å². The Bertz CT molecular complexity index is 858. The first-order valence-corrected chi connectivity index (χ1v) is 9.35. The van der Waals surface area contributed by atoms with Gasteiger partial charge in [-0.05, 0) is 49.8 Å². The van der Waals surface area contributed by atoms with Crippen molar-refractivity contribution in [3.63, 3.8) is 0 Å². The summed E-state index contributed by atoms with van der Waals surface area (Å²) in [4.78, 5) is 18.6. The van der Waals surface area contributed by atoms with Crippen molar-refractivity contribution in [3.8, 4) is 0 Å². The van der Waals surface area contributed by atoms with Gasteiger partial charge >= 0.3 is 0 Å². The maximum absolute atomic E-state index is 4.65. The number of pyridine rings is 1. The zero-order valence-electron chi connectivity index (χ0n) is 14.4. The smallest absolute Gasteiger partial charge is 0.141 e. The van der Waals surface area contributed by atoms with E-state index < -0.39 is 0 Å². The molecule has 3 heterocycles. The zero-order valence-corrected chi connectivity index (χ0v) is 15.2. The van der Waals surface area contributed by atoms with Crippen LogP contribution in [-0.4, -0.2) is 22.0 Å². The summed E-state index contributed by atoms with van der Waals surface area (Å²) in [5.41, 5.74) is 2.54. The van der Waals surface area contributed by atoms with Crippen LogP contribution in [0.4, 0.5) is 5.82 Å². The molecular formula is C19H22N4S. The van der Waals surface area contributed by atoms with Gasteiger partial charge in [-0.15, -0.1) is 11.3 Å². The maximum atomic E-state index is 4.65. The largest absolute Gasteiger partial charge is 0.351 e. The van der Waals surface area contributed by atoms with E-state index in [0.717, 1.165) is 28.7 Å². The molecule has 24 heavy (non-hydrogen) atoms. The lowest BCUT2D eigenvalue weighted by atomic mass is 9.89. The molecule has 2 unspecified atom stereocenters. The van der Waals surface area contributed by atoms with Crippen LogP contribution in [0, 0.1) is 5.92 Å². The van der Waals surface area contributed by atoms with Gasteiger partial charge in [-0.3, -0.25) is 4.98 Å². The molecule has 0 aliphatic heterocycles. The van der Waals surface area contributed by atoms with Gasteiger partial charge in [0.1, 0.15) is 17.0 Å². The Balaban J connectivity index is 1.79. The summed E-state index contributed by atoms with van der Waals surface area (Å²) in [6, 6.07) is 6.23. The van der Waals surface area contributed by atoms with Crippen LogP contribution in [0.1, 0.15) is 42.4 Å². The van der Waals surface area contributed by atoms with E-state index in [4.69, 9.17) is 0 Å². The molecule has 124 valence electrons. The van der Waals surface area contributed by atoms with Gasteiger partial charge in [-0.1, -0.05) is 13.0 Å². The minimum absolute atomic E-state index is 0.169. The lowest BCUT2D eigenvalue weighted by molar-refractivity contribution is 0.509. The highest BCUT2D eigenvalue weighted by Gasteiger charge is 2.25. The highest BCUT2D eigenvalue weighted by Crippen LogP contribution is 2.41. The number of anilines is 1. The SMILES string of the molecule is CC1CCc2c(sc3ncnc(N(C)C(C)c4ccccn4)c23)C1. The Labute approximate surface area is 146 Å². The predicted octanol–water partition coefficient (Wildman–Crippen LogP) is 4.41. The monoisotopic (exact) mass is 338 g/mol. The first-order valence-electron chi connectivity index (χ1n) is 8.54. The van der Waals surface area contributed by atoms with Crippen molar-refractivity contribution in [1.29, 1.82) is 0 Å². The fourth-order valence-corrected chi connectivity index (χ4v) is 4.88. The molecule has 4 rings (SSSR count). The second-order valence-electron chi connectivity index (χ2n) is 6.77. The Morgan fingerprint density at radius 1 is 1.25 bits per heavy atom. The van der Waals surface area contributed by atoms with Crippen LogP contribution in [0.3, 0.4) is 0 Å². The number of hydrogen-bond donors (Lipinski definition) is 0. The third-order valence-corrected chi connectivity index (χ3v) is 6.26. The minimum Gasteiger partial charge on any atom is -0.351 e. The van der Waals surface area contributed by atoms with Gasteiger partial charge in [0.25, 0.3) is 0 Å². The predicted molar refractivity (Wildman–Crippen MR) is 99.7 cm³/mol. The summed E-state index contributed by atoms with van der Waals surface area (Å²) >= 11 is 1.85. The fourth-order valence-electron chi connectivity index (χ4n) is 3.53. The highest BCUT2D eigenvalue weighted by atomic mass is 32.1. The summed E-state index contributed by atoms with van der Waals surface area (Å²) in [7, 11) is 2.11. The van der Waals surface area contributed by atoms with Crippen molar-refractivity contribution in [2.75, 3.05) is 11.9 Å². The number of rotatable bonds is 3. The molecule has 0 saturated heterocycles. The van der Waals surface area contributed by atoms with Crippen molar-refractivity contribution in [3.05, 3.63) is 46.9 Å². The van der Waals surface area contributed by atoms with Gasteiger partial charge in [0.2, 0.25) is 0 Å². The highest BCUT2D eigenvalue weighted by molar-refractivity contribution is 7.19. The van der Waals surface area contributed by atoms with E-state index in [1.165, 1.54) is 28.7 Å². The van der Waals surface area contributed by atoms with Crippen molar-refractivity contribution in [2.24, 2.45) is 5.92 Å². The fraction of sp³-hybridized carbons (Fsp3) is 0.421. The lowest BCUT2D eigenvalue weighted by Gasteiger charge is -2.27. The molecule has 1 aliphatic rings. The minimum atomic E-state index is 0.169. The van der Waals surface area contributed by atoms with Crippen LogP contribution in [0.2, 0.25) is 0 Å². The first-order chi connectivity index (χ1) is 11.6. The van der Waals surface area contributed by atoms with E-state index in [1.54, 1.807) is 6.33 Å². The molecule has 0 spiro atoms. The molecule has 2 atom stereocenters. The summed E-state index contributed by atoms with van der Waals surface area (Å²) in [5.74, 6) is 1.80. The molecule has 0 saturated carbocycles. The van der Waals surface area contributed by atoms with Crippen LogP contribution in [0.5, 0.6) is 0 Å². The summed E-state index contributed by atoms with van der Waals surface area (Å²) < 4.78 is 0. The molecule has 0 N–H and O–H groups in total. The quantitative estimate of drug-likeness (QED) is 0.709. The van der Waals surface area contributed by atoms with Crippen molar-refractivity contribution >= 4 is 27.4 Å². The van der Waals surface area contributed by atoms with Crippen LogP contribution < -0.4 is 4.90 Å². The number of hydrogen-bond acceptors (Lipinski definition) is 5. The van der Waals surface area contributed by atoms with Crippen molar-refractivity contribution in [1.82, 2.24) is 15.0 Å². The Morgan fingerprint density at radius 3 is 2.92 bits per heavy atom. The van der Waals surface area contributed by atoms with E-state index >= 15 is 0 Å². The summed E-state index contributed by atoms with van der Waals surface area (Å²) in [6.07, 6.45) is 7.12. The average Bonchev–Trinajstić information content (AvgIpc) is 2.98. The summed E-state index contributed by atoms with van der Waals surface area (Å²) in [5, 5.41) is 1.26. The molecule has 5 heteroatoms. The lowest BCUT2D eigenvalue weighted by Crippen LogP contribution is -2.24. The zero-order chi connectivity index (χ0) is 16.7. The average molecular weight is 338 g/mol. The Morgan fingerprint density at radius 2 is 2.12 bits per heavy atom. The molecule has 1 aliphatic carbocycles. The molecule has 0 fully saturated rings. The van der Waals surface area contributed by atoms with Crippen molar-refractivity contribution in [2.45, 2.75) is 39.2 Å². The molecule has 3 aromatic heterocycles. The van der Waals surface area contributed by atoms with E-state index in [1.807, 2.05) is 29.7 Å². The Kier molecular flexibility index (Phi) is 3.96. The normalized spacial score (nSPS) is 18.4. The topological polar surface area (TPSA) is 41.9 Å². The number of aromatic nitrogens is 3. The van der Waals surface area contributed by atoms with Crippen molar-refractivity contribution < 1.29 is 0 Å². The van der Waals surface area contributed by atoms with Gasteiger partial charge in [0, 0.05) is 18.1 Å². The molecule has 4 nitrogen and oxygen atoms in total. The van der Waals surface area contributed by atoms with Gasteiger partial charge < -0.3 is 4.90 Å². The third-order valence-electron chi connectivity index (χ3n) is 5.10. The van der Waals surface area contributed by atoms with Gasteiger partial charge in [0.15, 0.2) is 0 Å². The number of fused-ring (bicyclic) bond motifs is 3. The van der Waals surface area contributed by atoms with Gasteiger partial charge in [0.05, 0.1) is 17.1 Å². The molecule has 0 aromatic carbocycles.